The minimum atomic E-state index is -0.0583. The molecule has 6 heteroatoms. The third kappa shape index (κ3) is 4.11. The highest BCUT2D eigenvalue weighted by atomic mass is 35.5. The second kappa shape index (κ2) is 7.42. The molecule has 0 aliphatic heterocycles. The number of hydrogen-bond donors (Lipinski definition) is 0. The predicted octanol–water partition coefficient (Wildman–Crippen LogP) is 1.79. The van der Waals surface area contributed by atoms with E-state index in [1.54, 1.807) is 11.8 Å². The van der Waals surface area contributed by atoms with Crippen molar-refractivity contribution in [2.24, 2.45) is 0 Å². The topological polar surface area (TPSA) is 53.3 Å². The normalized spacial score (nSPS) is 10.8. The van der Waals surface area contributed by atoms with Gasteiger partial charge in [-0.3, -0.25) is 9.48 Å². The molecule has 0 atom stereocenters. The molecule has 0 aromatic carbocycles. The summed E-state index contributed by atoms with van der Waals surface area (Å²) in [7, 11) is 1.60. The van der Waals surface area contributed by atoms with Crippen molar-refractivity contribution in [2.75, 3.05) is 26.9 Å². The number of halogens is 1. The van der Waals surface area contributed by atoms with E-state index < -0.39 is 0 Å². The zero-order valence-electron chi connectivity index (χ0n) is 10.1. The Morgan fingerprint density at radius 1 is 1.53 bits per heavy atom. The van der Waals surface area contributed by atoms with Crippen LogP contribution in [0.15, 0.2) is 6.20 Å². The van der Waals surface area contributed by atoms with Gasteiger partial charge in [0.15, 0.2) is 5.78 Å². The summed E-state index contributed by atoms with van der Waals surface area (Å²) in [6.45, 7) is 3.90. The second-order valence-electron chi connectivity index (χ2n) is 3.43. The summed E-state index contributed by atoms with van der Waals surface area (Å²) in [4.78, 5) is 11.9. The van der Waals surface area contributed by atoms with Crippen LogP contribution in [0.1, 0.15) is 23.8 Å². The van der Waals surface area contributed by atoms with Crippen molar-refractivity contribution in [1.82, 2.24) is 9.78 Å². The summed E-state index contributed by atoms with van der Waals surface area (Å²) >= 11 is 5.95. The number of ketones is 1. The van der Waals surface area contributed by atoms with E-state index in [1.807, 2.05) is 6.92 Å². The first kappa shape index (κ1) is 14.2. The molecule has 0 spiro atoms. The van der Waals surface area contributed by atoms with Crippen LogP contribution in [-0.2, 0) is 16.0 Å². The minimum absolute atomic E-state index is 0.0583. The number of hydrogen-bond acceptors (Lipinski definition) is 4. The van der Waals surface area contributed by atoms with Gasteiger partial charge in [0, 0.05) is 20.1 Å². The van der Waals surface area contributed by atoms with E-state index in [0.29, 0.717) is 43.5 Å². The number of carbonyl (C=O) groups excluding carboxylic acids is 1. The molecule has 0 amide bonds. The van der Waals surface area contributed by atoms with Crippen LogP contribution in [-0.4, -0.2) is 42.5 Å². The first-order chi connectivity index (χ1) is 8.20. The Morgan fingerprint density at radius 3 is 2.94 bits per heavy atom. The average molecular weight is 261 g/mol. The van der Waals surface area contributed by atoms with Crippen LogP contribution in [0.5, 0.6) is 0 Å². The molecule has 96 valence electrons. The van der Waals surface area contributed by atoms with Crippen molar-refractivity contribution in [2.45, 2.75) is 19.9 Å². The molecule has 0 saturated heterocycles. The number of rotatable bonds is 8. The van der Waals surface area contributed by atoms with Gasteiger partial charge >= 0.3 is 0 Å². The van der Waals surface area contributed by atoms with Crippen molar-refractivity contribution in [3.63, 3.8) is 0 Å². The smallest absolute Gasteiger partial charge is 0.184 e. The molecule has 0 aliphatic carbocycles. The van der Waals surface area contributed by atoms with Gasteiger partial charge in [0.1, 0.15) is 5.69 Å². The first-order valence-corrected chi connectivity index (χ1v) is 5.89. The van der Waals surface area contributed by atoms with Crippen molar-refractivity contribution < 1.29 is 14.3 Å². The molecule has 5 nitrogen and oxygen atoms in total. The number of Topliss-reactive ketones (excluding diaryl/α,β-unsaturated/α-hetero) is 1. The molecular formula is C11H17ClN2O3. The number of ether oxygens (including phenoxy) is 2. The monoisotopic (exact) mass is 260 g/mol. The van der Waals surface area contributed by atoms with Gasteiger partial charge in [-0.2, -0.15) is 5.10 Å². The van der Waals surface area contributed by atoms with E-state index in [-0.39, 0.29) is 5.78 Å². The standard InChI is InChI=1S/C11H17ClN2O3/c1-3-17-6-4-10(15)11-9(12)8-13-14(11)5-7-16-2/h8H,3-7H2,1-2H3. The Kier molecular flexibility index (Phi) is 6.18. The highest BCUT2D eigenvalue weighted by Gasteiger charge is 2.16. The van der Waals surface area contributed by atoms with Gasteiger partial charge in [-0.05, 0) is 6.92 Å². The molecular weight excluding hydrogens is 244 g/mol. The van der Waals surface area contributed by atoms with Gasteiger partial charge in [0.05, 0.1) is 31.0 Å². The van der Waals surface area contributed by atoms with Crippen LogP contribution in [0, 0.1) is 0 Å². The van der Waals surface area contributed by atoms with Crippen molar-refractivity contribution in [1.29, 1.82) is 0 Å². The van der Waals surface area contributed by atoms with Crippen LogP contribution in [0.3, 0.4) is 0 Å². The fraction of sp³-hybridized carbons (Fsp3) is 0.636. The molecule has 0 saturated carbocycles. The van der Waals surface area contributed by atoms with Crippen molar-refractivity contribution in [3.8, 4) is 0 Å². The third-order valence-corrected chi connectivity index (χ3v) is 2.52. The lowest BCUT2D eigenvalue weighted by Gasteiger charge is -2.06. The van der Waals surface area contributed by atoms with Gasteiger partial charge in [-0.25, -0.2) is 0 Å². The molecule has 1 aromatic rings. The summed E-state index contributed by atoms with van der Waals surface area (Å²) in [5.74, 6) is -0.0583. The fourth-order valence-corrected chi connectivity index (χ4v) is 1.66. The van der Waals surface area contributed by atoms with Crippen molar-refractivity contribution in [3.05, 3.63) is 16.9 Å². The molecule has 0 radical (unpaired) electrons. The van der Waals surface area contributed by atoms with Gasteiger partial charge in [0.25, 0.3) is 0 Å². The molecule has 0 unspecified atom stereocenters. The zero-order valence-corrected chi connectivity index (χ0v) is 10.9. The summed E-state index contributed by atoms with van der Waals surface area (Å²) in [6, 6.07) is 0. The molecule has 1 heterocycles. The van der Waals surface area contributed by atoms with Gasteiger partial charge in [-0.15, -0.1) is 0 Å². The second-order valence-corrected chi connectivity index (χ2v) is 3.83. The lowest BCUT2D eigenvalue weighted by atomic mass is 10.2. The lowest BCUT2D eigenvalue weighted by Crippen LogP contribution is -2.15. The van der Waals surface area contributed by atoms with Crippen LogP contribution < -0.4 is 0 Å². The van der Waals surface area contributed by atoms with E-state index in [0.717, 1.165) is 0 Å². The van der Waals surface area contributed by atoms with Gasteiger partial charge in [0.2, 0.25) is 0 Å². The first-order valence-electron chi connectivity index (χ1n) is 5.51. The Hall–Kier alpha value is -0.910. The quantitative estimate of drug-likeness (QED) is 0.528. The highest BCUT2D eigenvalue weighted by molar-refractivity contribution is 6.33. The molecule has 0 aliphatic rings. The van der Waals surface area contributed by atoms with Crippen LogP contribution in [0.4, 0.5) is 0 Å². The Balaban J connectivity index is 2.66. The van der Waals surface area contributed by atoms with Gasteiger partial charge < -0.3 is 9.47 Å². The Bertz CT molecular complexity index is 366. The molecule has 17 heavy (non-hydrogen) atoms. The summed E-state index contributed by atoms with van der Waals surface area (Å²) in [5, 5.41) is 4.42. The van der Waals surface area contributed by atoms with Crippen molar-refractivity contribution >= 4 is 17.4 Å². The number of carbonyl (C=O) groups is 1. The van der Waals surface area contributed by atoms with Crippen LogP contribution in [0.2, 0.25) is 5.02 Å². The number of aromatic nitrogens is 2. The van der Waals surface area contributed by atoms with Crippen LogP contribution in [0.25, 0.3) is 0 Å². The van der Waals surface area contributed by atoms with E-state index in [4.69, 9.17) is 21.1 Å². The maximum Gasteiger partial charge on any atom is 0.184 e. The molecule has 0 bridgehead atoms. The zero-order chi connectivity index (χ0) is 12.7. The minimum Gasteiger partial charge on any atom is -0.383 e. The molecule has 0 N–H and O–H groups in total. The Labute approximate surface area is 106 Å². The number of methoxy groups -OCH3 is 1. The van der Waals surface area contributed by atoms with E-state index in [2.05, 4.69) is 5.10 Å². The molecule has 0 fully saturated rings. The Morgan fingerprint density at radius 2 is 2.29 bits per heavy atom. The van der Waals surface area contributed by atoms with E-state index in [9.17, 15) is 4.79 Å². The summed E-state index contributed by atoms with van der Waals surface area (Å²) in [5.41, 5.74) is 0.434. The SMILES string of the molecule is CCOCCC(=O)c1c(Cl)cnn1CCOC. The molecule has 1 aromatic heterocycles. The van der Waals surface area contributed by atoms with E-state index >= 15 is 0 Å². The molecule has 1 rings (SSSR count). The van der Waals surface area contributed by atoms with Crippen LogP contribution >= 0.6 is 11.6 Å². The summed E-state index contributed by atoms with van der Waals surface area (Å²) < 4.78 is 11.7. The lowest BCUT2D eigenvalue weighted by molar-refractivity contribution is 0.0883. The third-order valence-electron chi connectivity index (χ3n) is 2.24. The summed E-state index contributed by atoms with van der Waals surface area (Å²) in [6.07, 6.45) is 1.79. The predicted molar refractivity (Wildman–Crippen MR) is 64.6 cm³/mol. The largest absolute Gasteiger partial charge is 0.383 e. The highest BCUT2D eigenvalue weighted by Crippen LogP contribution is 2.17. The van der Waals surface area contributed by atoms with E-state index in [1.165, 1.54) is 6.20 Å². The maximum atomic E-state index is 11.9. The van der Waals surface area contributed by atoms with Gasteiger partial charge in [-0.1, -0.05) is 11.6 Å². The average Bonchev–Trinajstić information content (AvgIpc) is 2.68. The maximum absolute atomic E-state index is 11.9. The number of nitrogens with zero attached hydrogens (tertiary/aromatic N) is 2. The fourth-order valence-electron chi connectivity index (χ4n) is 1.41.